The summed E-state index contributed by atoms with van der Waals surface area (Å²) in [6.45, 7) is 6.07. The zero-order valence-corrected chi connectivity index (χ0v) is 11.0. The van der Waals surface area contributed by atoms with Crippen molar-refractivity contribution in [1.29, 1.82) is 5.26 Å². The van der Waals surface area contributed by atoms with Crippen LogP contribution in [-0.4, -0.2) is 23.5 Å². The monoisotopic (exact) mass is 246 g/mol. The van der Waals surface area contributed by atoms with E-state index < -0.39 is 0 Å². The number of hydrogen-bond donors (Lipinski definition) is 1. The van der Waals surface area contributed by atoms with Gasteiger partial charge in [-0.2, -0.15) is 5.26 Å². The van der Waals surface area contributed by atoms with Crippen LogP contribution in [0.2, 0.25) is 0 Å². The van der Waals surface area contributed by atoms with Gasteiger partial charge in [0.2, 0.25) is 0 Å². The summed E-state index contributed by atoms with van der Waals surface area (Å²) in [5.74, 6) is -0.172. The van der Waals surface area contributed by atoms with Gasteiger partial charge in [-0.1, -0.05) is 0 Å². The summed E-state index contributed by atoms with van der Waals surface area (Å²) in [5.41, 5.74) is 1.14. The number of rotatable bonds is 5. The fraction of sp³-hybridized carbons (Fsp3) is 0.429. The minimum absolute atomic E-state index is 0.0115. The number of aromatic hydroxyl groups is 1. The zero-order chi connectivity index (χ0) is 13.7. The zero-order valence-electron chi connectivity index (χ0n) is 11.0. The highest BCUT2D eigenvalue weighted by molar-refractivity contribution is 5.97. The van der Waals surface area contributed by atoms with E-state index in [1.807, 2.05) is 18.7 Å². The third-order valence-corrected chi connectivity index (χ3v) is 2.78. The molecule has 4 nitrogen and oxygen atoms in total. The van der Waals surface area contributed by atoms with Crippen molar-refractivity contribution in [3.05, 3.63) is 23.8 Å². The lowest BCUT2D eigenvalue weighted by atomic mass is 10.1. The number of phenolic OH excluding ortho intramolecular Hbond substituents is 1. The van der Waals surface area contributed by atoms with Crippen molar-refractivity contribution in [2.75, 3.05) is 11.4 Å². The number of benzene rings is 1. The molecule has 0 aromatic heterocycles. The first-order chi connectivity index (χ1) is 8.47. The van der Waals surface area contributed by atoms with Crippen LogP contribution < -0.4 is 4.90 Å². The molecule has 1 N–H and O–H groups in total. The van der Waals surface area contributed by atoms with Crippen molar-refractivity contribution < 1.29 is 9.90 Å². The number of carbonyl (C=O) groups is 1. The number of phenols is 1. The van der Waals surface area contributed by atoms with E-state index in [1.54, 1.807) is 18.2 Å². The summed E-state index contributed by atoms with van der Waals surface area (Å²) in [5, 5.41) is 18.4. The Hall–Kier alpha value is -2.02. The van der Waals surface area contributed by atoms with Crippen molar-refractivity contribution in [1.82, 2.24) is 0 Å². The van der Waals surface area contributed by atoms with Crippen LogP contribution in [0.25, 0.3) is 0 Å². The Kier molecular flexibility index (Phi) is 4.73. The molecule has 0 spiro atoms. The van der Waals surface area contributed by atoms with E-state index in [9.17, 15) is 9.90 Å². The maximum Gasteiger partial charge on any atom is 0.163 e. The van der Waals surface area contributed by atoms with Crippen LogP contribution in [0.1, 0.15) is 37.6 Å². The highest BCUT2D eigenvalue weighted by atomic mass is 16.3. The molecule has 0 aliphatic carbocycles. The minimum atomic E-state index is -0.160. The largest absolute Gasteiger partial charge is 0.507 e. The van der Waals surface area contributed by atoms with Crippen LogP contribution in [0, 0.1) is 11.3 Å². The van der Waals surface area contributed by atoms with Gasteiger partial charge in [-0.05, 0) is 32.9 Å². The SMILES string of the molecule is CC(=O)c1ccc(N(CCC#N)C(C)C)cc1O. The molecule has 0 saturated carbocycles. The molecule has 0 heterocycles. The van der Waals surface area contributed by atoms with Gasteiger partial charge < -0.3 is 10.0 Å². The predicted octanol–water partition coefficient (Wildman–Crippen LogP) is 2.72. The number of Topliss-reactive ketones (excluding diaryl/α,β-unsaturated/α-hetero) is 1. The second-order valence-corrected chi connectivity index (χ2v) is 4.45. The Labute approximate surface area is 107 Å². The topological polar surface area (TPSA) is 64.3 Å². The standard InChI is InChI=1S/C14H18N2O2/c1-10(2)16(8-4-7-15)12-5-6-13(11(3)17)14(18)9-12/h5-6,9-10,18H,4,8H2,1-3H3. The molecule has 0 amide bonds. The van der Waals surface area contributed by atoms with Gasteiger partial charge in [-0.25, -0.2) is 0 Å². The van der Waals surface area contributed by atoms with Gasteiger partial charge in [0.05, 0.1) is 18.1 Å². The van der Waals surface area contributed by atoms with E-state index in [-0.39, 0.29) is 17.6 Å². The van der Waals surface area contributed by atoms with E-state index in [4.69, 9.17) is 5.26 Å². The molecule has 1 aromatic carbocycles. The Morgan fingerprint density at radius 1 is 1.50 bits per heavy atom. The molecule has 0 aliphatic heterocycles. The summed E-state index contributed by atoms with van der Waals surface area (Å²) in [6.07, 6.45) is 0.424. The first-order valence-corrected chi connectivity index (χ1v) is 5.95. The van der Waals surface area contributed by atoms with Crippen molar-refractivity contribution in [2.24, 2.45) is 0 Å². The lowest BCUT2D eigenvalue weighted by Gasteiger charge is -2.28. The highest BCUT2D eigenvalue weighted by Gasteiger charge is 2.13. The Morgan fingerprint density at radius 2 is 2.17 bits per heavy atom. The van der Waals surface area contributed by atoms with Crippen molar-refractivity contribution in [3.8, 4) is 11.8 Å². The molecule has 0 unspecified atom stereocenters. The number of hydrogen-bond acceptors (Lipinski definition) is 4. The van der Waals surface area contributed by atoms with Gasteiger partial charge in [-0.15, -0.1) is 0 Å². The molecular weight excluding hydrogens is 228 g/mol. The third-order valence-electron chi connectivity index (χ3n) is 2.78. The average Bonchev–Trinajstić information content (AvgIpc) is 2.28. The van der Waals surface area contributed by atoms with E-state index in [2.05, 4.69) is 6.07 Å². The molecule has 96 valence electrons. The number of carbonyl (C=O) groups excluding carboxylic acids is 1. The molecule has 0 atom stereocenters. The van der Waals surface area contributed by atoms with Gasteiger partial charge in [0.25, 0.3) is 0 Å². The Balaban J connectivity index is 3.03. The van der Waals surface area contributed by atoms with E-state index in [0.717, 1.165) is 5.69 Å². The molecule has 0 fully saturated rings. The van der Waals surface area contributed by atoms with Crippen LogP contribution in [0.3, 0.4) is 0 Å². The number of ketones is 1. The lowest BCUT2D eigenvalue weighted by Crippen LogP contribution is -2.31. The van der Waals surface area contributed by atoms with E-state index >= 15 is 0 Å². The first kappa shape index (κ1) is 14.0. The van der Waals surface area contributed by atoms with Crippen LogP contribution in [0.5, 0.6) is 5.75 Å². The maximum atomic E-state index is 11.2. The van der Waals surface area contributed by atoms with Gasteiger partial charge in [0, 0.05) is 24.3 Å². The summed E-state index contributed by atoms with van der Waals surface area (Å²) < 4.78 is 0. The number of nitrogens with zero attached hydrogens (tertiary/aromatic N) is 2. The predicted molar refractivity (Wildman–Crippen MR) is 70.8 cm³/mol. The molecule has 0 radical (unpaired) electrons. The van der Waals surface area contributed by atoms with Gasteiger partial charge in [0.1, 0.15) is 5.75 Å². The summed E-state index contributed by atoms with van der Waals surface area (Å²) in [7, 11) is 0. The average molecular weight is 246 g/mol. The Bertz CT molecular complexity index is 475. The molecule has 1 aromatic rings. The quantitative estimate of drug-likeness (QED) is 0.811. The fourth-order valence-corrected chi connectivity index (χ4v) is 1.85. The normalized spacial score (nSPS) is 10.2. The molecule has 1 rings (SSSR count). The molecule has 4 heteroatoms. The first-order valence-electron chi connectivity index (χ1n) is 5.95. The smallest absolute Gasteiger partial charge is 0.163 e. The van der Waals surface area contributed by atoms with E-state index in [0.29, 0.717) is 18.5 Å². The van der Waals surface area contributed by atoms with Crippen LogP contribution in [0.15, 0.2) is 18.2 Å². The Morgan fingerprint density at radius 3 is 2.61 bits per heavy atom. The van der Waals surface area contributed by atoms with Crippen molar-refractivity contribution in [3.63, 3.8) is 0 Å². The second-order valence-electron chi connectivity index (χ2n) is 4.45. The molecular formula is C14H18N2O2. The number of anilines is 1. The molecule has 18 heavy (non-hydrogen) atoms. The summed E-state index contributed by atoms with van der Waals surface area (Å²) in [4.78, 5) is 13.3. The van der Waals surface area contributed by atoms with E-state index in [1.165, 1.54) is 6.92 Å². The summed E-state index contributed by atoms with van der Waals surface area (Å²) in [6, 6.07) is 7.33. The van der Waals surface area contributed by atoms with Gasteiger partial charge in [0.15, 0.2) is 5.78 Å². The van der Waals surface area contributed by atoms with Gasteiger partial charge in [-0.3, -0.25) is 4.79 Å². The minimum Gasteiger partial charge on any atom is -0.507 e. The molecule has 0 bridgehead atoms. The van der Waals surface area contributed by atoms with Crippen LogP contribution in [-0.2, 0) is 0 Å². The highest BCUT2D eigenvalue weighted by Crippen LogP contribution is 2.26. The molecule has 0 aliphatic rings. The number of nitriles is 1. The fourth-order valence-electron chi connectivity index (χ4n) is 1.85. The van der Waals surface area contributed by atoms with Crippen molar-refractivity contribution in [2.45, 2.75) is 33.2 Å². The molecule has 0 saturated heterocycles. The lowest BCUT2D eigenvalue weighted by molar-refractivity contribution is 0.101. The van der Waals surface area contributed by atoms with Gasteiger partial charge >= 0.3 is 0 Å². The maximum absolute atomic E-state index is 11.2. The second kappa shape index (κ2) is 6.06. The van der Waals surface area contributed by atoms with Crippen LogP contribution in [0.4, 0.5) is 5.69 Å². The third kappa shape index (κ3) is 3.24. The van der Waals surface area contributed by atoms with Crippen molar-refractivity contribution >= 4 is 11.5 Å². The van der Waals surface area contributed by atoms with Crippen LogP contribution >= 0.6 is 0 Å². The summed E-state index contributed by atoms with van der Waals surface area (Å²) >= 11 is 0.